The number of aryl methyl sites for hydroxylation is 1. The highest BCUT2D eigenvalue weighted by Gasteiger charge is 2.03. The quantitative estimate of drug-likeness (QED) is 0.598. The summed E-state index contributed by atoms with van der Waals surface area (Å²) in [5, 5.41) is 7.73. The Morgan fingerprint density at radius 1 is 1.25 bits per heavy atom. The Kier molecular flexibility index (Phi) is 7.06. The molecule has 0 amide bonds. The second-order valence-electron chi connectivity index (χ2n) is 5.69. The first-order chi connectivity index (χ1) is 11.6. The highest BCUT2D eigenvalue weighted by Crippen LogP contribution is 2.14. The molecule has 6 heteroatoms. The number of anilines is 1. The van der Waals surface area contributed by atoms with Crippen LogP contribution in [0.2, 0.25) is 0 Å². The minimum absolute atomic E-state index is 0.648. The molecule has 0 fully saturated rings. The van der Waals surface area contributed by atoms with E-state index in [4.69, 9.17) is 0 Å². The van der Waals surface area contributed by atoms with Crippen LogP contribution in [0.3, 0.4) is 0 Å². The van der Waals surface area contributed by atoms with Gasteiger partial charge < -0.3 is 15.5 Å². The summed E-state index contributed by atoms with van der Waals surface area (Å²) in [5.74, 6) is 0.820. The third-order valence-corrected chi connectivity index (χ3v) is 4.69. The molecule has 1 aromatic heterocycles. The number of thiazole rings is 1. The van der Waals surface area contributed by atoms with Crippen LogP contribution in [0.15, 0.2) is 35.5 Å². The maximum atomic E-state index is 4.68. The van der Waals surface area contributed by atoms with Gasteiger partial charge in [0.15, 0.2) is 5.96 Å². The van der Waals surface area contributed by atoms with Crippen molar-refractivity contribution in [2.24, 2.45) is 4.99 Å². The zero-order valence-corrected chi connectivity index (χ0v) is 15.8. The summed E-state index contributed by atoms with van der Waals surface area (Å²) in [6, 6.07) is 8.45. The molecule has 2 N–H and O–H groups in total. The molecule has 2 aromatic rings. The number of hydrogen-bond donors (Lipinski definition) is 2. The van der Waals surface area contributed by atoms with E-state index >= 15 is 0 Å². The van der Waals surface area contributed by atoms with Gasteiger partial charge in [-0.1, -0.05) is 19.1 Å². The van der Waals surface area contributed by atoms with E-state index in [1.165, 1.54) is 16.1 Å². The standard InChI is InChI=1S/C18H27N5S/c1-5-16-12-20-17(24-16)13-22-18(19-6-2)21-11-14-8-7-9-15(10-14)23(3)4/h7-10,12H,5-6,11,13H2,1-4H3,(H2,19,21,22). The molecule has 2 rings (SSSR count). The Morgan fingerprint density at radius 2 is 2.08 bits per heavy atom. The highest BCUT2D eigenvalue weighted by atomic mass is 32.1. The normalized spacial score (nSPS) is 11.4. The van der Waals surface area contributed by atoms with E-state index in [0.717, 1.165) is 23.9 Å². The number of aliphatic imine (C=N–C) groups is 1. The molecular formula is C18H27N5S. The van der Waals surface area contributed by atoms with Gasteiger partial charge in [-0.05, 0) is 31.0 Å². The molecule has 0 saturated carbocycles. The number of guanidine groups is 1. The Hall–Kier alpha value is -2.08. The number of nitrogens with one attached hydrogen (secondary N) is 2. The van der Waals surface area contributed by atoms with Crippen LogP contribution in [-0.2, 0) is 19.5 Å². The van der Waals surface area contributed by atoms with Gasteiger partial charge in [0.2, 0.25) is 0 Å². The van der Waals surface area contributed by atoms with Gasteiger partial charge in [0, 0.05) is 37.4 Å². The first kappa shape index (κ1) is 18.3. The lowest BCUT2D eigenvalue weighted by Gasteiger charge is -2.13. The maximum absolute atomic E-state index is 4.68. The maximum Gasteiger partial charge on any atom is 0.191 e. The van der Waals surface area contributed by atoms with E-state index in [0.29, 0.717) is 13.1 Å². The van der Waals surface area contributed by atoms with Crippen molar-refractivity contribution in [3.63, 3.8) is 0 Å². The zero-order chi connectivity index (χ0) is 17.4. The van der Waals surface area contributed by atoms with Gasteiger partial charge >= 0.3 is 0 Å². The zero-order valence-electron chi connectivity index (χ0n) is 15.0. The van der Waals surface area contributed by atoms with Crippen molar-refractivity contribution < 1.29 is 0 Å². The summed E-state index contributed by atoms with van der Waals surface area (Å²) in [4.78, 5) is 12.5. The van der Waals surface area contributed by atoms with Crippen LogP contribution < -0.4 is 15.5 Å². The molecule has 0 bridgehead atoms. The predicted octanol–water partition coefficient (Wildman–Crippen LogP) is 3.03. The monoisotopic (exact) mass is 345 g/mol. The fourth-order valence-corrected chi connectivity index (χ4v) is 3.00. The summed E-state index contributed by atoms with van der Waals surface area (Å²) in [5.41, 5.74) is 2.39. The second-order valence-corrected chi connectivity index (χ2v) is 6.89. The van der Waals surface area contributed by atoms with Gasteiger partial charge in [-0.2, -0.15) is 0 Å². The second kappa shape index (κ2) is 9.27. The lowest BCUT2D eigenvalue weighted by molar-refractivity contribution is 0.811. The number of benzene rings is 1. The van der Waals surface area contributed by atoms with Crippen LogP contribution in [-0.4, -0.2) is 31.6 Å². The van der Waals surface area contributed by atoms with Crippen LogP contribution in [0.25, 0.3) is 0 Å². The average Bonchev–Trinajstić information content (AvgIpc) is 3.05. The Labute approximate surface area is 148 Å². The van der Waals surface area contributed by atoms with E-state index in [2.05, 4.69) is 63.6 Å². The van der Waals surface area contributed by atoms with E-state index in [9.17, 15) is 0 Å². The molecular weight excluding hydrogens is 318 g/mol. The molecule has 1 heterocycles. The van der Waals surface area contributed by atoms with E-state index in [1.54, 1.807) is 11.3 Å². The van der Waals surface area contributed by atoms with Crippen molar-refractivity contribution in [1.82, 2.24) is 15.6 Å². The Balaban J connectivity index is 1.98. The van der Waals surface area contributed by atoms with Gasteiger partial charge in [0.05, 0.1) is 13.1 Å². The van der Waals surface area contributed by atoms with Crippen LogP contribution in [0.4, 0.5) is 5.69 Å². The van der Waals surface area contributed by atoms with Crippen molar-refractivity contribution in [3.05, 3.63) is 45.9 Å². The van der Waals surface area contributed by atoms with Crippen molar-refractivity contribution in [2.45, 2.75) is 33.4 Å². The minimum atomic E-state index is 0.648. The molecule has 0 aliphatic carbocycles. The summed E-state index contributed by atoms with van der Waals surface area (Å²) in [7, 11) is 4.10. The molecule has 0 aliphatic heterocycles. The van der Waals surface area contributed by atoms with Crippen molar-refractivity contribution in [2.75, 3.05) is 25.5 Å². The lowest BCUT2D eigenvalue weighted by Crippen LogP contribution is -2.36. The molecule has 1 aromatic carbocycles. The van der Waals surface area contributed by atoms with Crippen LogP contribution in [0, 0.1) is 0 Å². The van der Waals surface area contributed by atoms with E-state index in [-0.39, 0.29) is 0 Å². The van der Waals surface area contributed by atoms with Crippen molar-refractivity contribution in [1.29, 1.82) is 0 Å². The minimum Gasteiger partial charge on any atom is -0.378 e. The molecule has 0 unspecified atom stereocenters. The third-order valence-electron chi connectivity index (χ3n) is 3.55. The molecule has 0 radical (unpaired) electrons. The molecule has 0 saturated heterocycles. The number of hydrogen-bond acceptors (Lipinski definition) is 4. The largest absolute Gasteiger partial charge is 0.378 e. The first-order valence-electron chi connectivity index (χ1n) is 8.34. The average molecular weight is 346 g/mol. The van der Waals surface area contributed by atoms with E-state index in [1.807, 2.05) is 20.3 Å². The molecule has 0 aliphatic rings. The fourth-order valence-electron chi connectivity index (χ4n) is 2.20. The van der Waals surface area contributed by atoms with Gasteiger partial charge in [-0.25, -0.2) is 9.98 Å². The number of nitrogens with zero attached hydrogens (tertiary/aromatic N) is 3. The molecule has 0 atom stereocenters. The summed E-state index contributed by atoms with van der Waals surface area (Å²) in [6.45, 7) is 6.41. The summed E-state index contributed by atoms with van der Waals surface area (Å²) < 4.78 is 0. The SMILES string of the molecule is CCNC(=NCc1cccc(N(C)C)c1)NCc1ncc(CC)s1. The third kappa shape index (κ3) is 5.53. The molecule has 5 nitrogen and oxygen atoms in total. The van der Waals surface area contributed by atoms with Crippen LogP contribution in [0.1, 0.15) is 29.3 Å². The predicted molar refractivity (Wildman–Crippen MR) is 104 cm³/mol. The smallest absolute Gasteiger partial charge is 0.191 e. The van der Waals surface area contributed by atoms with Gasteiger partial charge in [0.1, 0.15) is 5.01 Å². The Morgan fingerprint density at radius 3 is 2.75 bits per heavy atom. The van der Waals surface area contributed by atoms with Crippen molar-refractivity contribution >= 4 is 23.0 Å². The molecule has 130 valence electrons. The van der Waals surface area contributed by atoms with Gasteiger partial charge in [-0.15, -0.1) is 11.3 Å². The summed E-state index contributed by atoms with van der Waals surface area (Å²) >= 11 is 1.75. The first-order valence-corrected chi connectivity index (χ1v) is 9.16. The highest BCUT2D eigenvalue weighted by molar-refractivity contribution is 7.11. The van der Waals surface area contributed by atoms with Crippen LogP contribution >= 0.6 is 11.3 Å². The summed E-state index contributed by atoms with van der Waals surface area (Å²) in [6.07, 6.45) is 2.99. The molecule has 0 spiro atoms. The lowest BCUT2D eigenvalue weighted by atomic mass is 10.2. The van der Waals surface area contributed by atoms with Gasteiger partial charge in [-0.3, -0.25) is 0 Å². The van der Waals surface area contributed by atoms with Crippen molar-refractivity contribution in [3.8, 4) is 0 Å². The number of aromatic nitrogens is 1. The fraction of sp³-hybridized carbons (Fsp3) is 0.444. The van der Waals surface area contributed by atoms with Crippen LogP contribution in [0.5, 0.6) is 0 Å². The Bertz CT molecular complexity index is 663. The van der Waals surface area contributed by atoms with Gasteiger partial charge in [0.25, 0.3) is 0 Å². The number of rotatable bonds is 7. The topological polar surface area (TPSA) is 52.6 Å². The molecule has 24 heavy (non-hydrogen) atoms. The van der Waals surface area contributed by atoms with E-state index < -0.39 is 0 Å².